The van der Waals surface area contributed by atoms with E-state index in [9.17, 15) is 4.79 Å². The molecule has 2 fully saturated rings. The quantitative estimate of drug-likeness (QED) is 0.773. The smallest absolute Gasteiger partial charge is 0.226 e. The van der Waals surface area contributed by atoms with E-state index >= 15 is 0 Å². The Morgan fingerprint density at radius 2 is 1.83 bits per heavy atom. The van der Waals surface area contributed by atoms with E-state index in [2.05, 4.69) is 27.0 Å². The highest BCUT2D eigenvalue weighted by Crippen LogP contribution is 2.32. The molecule has 6 nitrogen and oxygen atoms in total. The lowest BCUT2D eigenvalue weighted by Crippen LogP contribution is -2.58. The molecule has 1 spiro atoms. The molecule has 0 unspecified atom stereocenters. The van der Waals surface area contributed by atoms with E-state index in [-0.39, 0.29) is 11.5 Å². The Morgan fingerprint density at radius 1 is 1.12 bits per heavy atom. The maximum Gasteiger partial charge on any atom is 0.226 e. The summed E-state index contributed by atoms with van der Waals surface area (Å²) >= 11 is 0. The number of carbonyl (C=O) groups is 1. The number of carbonyl (C=O) groups excluding carboxylic acids is 1. The van der Waals surface area contributed by atoms with Crippen molar-refractivity contribution in [2.75, 3.05) is 37.7 Å². The number of aromatic nitrogens is 2. The Bertz CT molecular complexity index is 603. The first-order valence-electron chi connectivity index (χ1n) is 8.85. The van der Waals surface area contributed by atoms with E-state index in [1.165, 1.54) is 0 Å². The van der Waals surface area contributed by atoms with Crippen molar-refractivity contribution in [1.82, 2.24) is 14.9 Å². The number of allylic oxidation sites excluding steroid dienone is 2. The molecule has 1 aliphatic carbocycles. The maximum atomic E-state index is 12.6. The second-order valence-electron chi connectivity index (χ2n) is 6.97. The van der Waals surface area contributed by atoms with E-state index < -0.39 is 0 Å². The summed E-state index contributed by atoms with van der Waals surface area (Å²) in [6, 6.07) is 1.84. The molecule has 0 bridgehead atoms. The van der Waals surface area contributed by atoms with Crippen LogP contribution in [0.5, 0.6) is 0 Å². The predicted molar refractivity (Wildman–Crippen MR) is 90.6 cm³/mol. The lowest BCUT2D eigenvalue weighted by molar-refractivity contribution is -0.143. The number of piperidine rings is 1. The normalized spacial score (nSPS) is 23.8. The first-order chi connectivity index (χ1) is 11.8. The van der Waals surface area contributed by atoms with Crippen LogP contribution in [0.4, 0.5) is 5.95 Å². The molecule has 2 aliphatic heterocycles. The Labute approximate surface area is 142 Å². The summed E-state index contributed by atoms with van der Waals surface area (Å²) in [4.78, 5) is 25.5. The number of amides is 1. The Kier molecular flexibility index (Phi) is 4.22. The number of morpholine rings is 1. The Morgan fingerprint density at radius 3 is 2.54 bits per heavy atom. The number of nitrogens with zero attached hydrogens (tertiary/aromatic N) is 4. The molecular weight excluding hydrogens is 304 g/mol. The van der Waals surface area contributed by atoms with E-state index in [0.717, 1.165) is 57.8 Å². The summed E-state index contributed by atoms with van der Waals surface area (Å²) in [5, 5.41) is 0. The van der Waals surface area contributed by atoms with Crippen LogP contribution in [-0.2, 0) is 9.53 Å². The fraction of sp³-hybridized carbons (Fsp3) is 0.611. The van der Waals surface area contributed by atoms with Crippen LogP contribution in [0.1, 0.15) is 25.7 Å². The topological polar surface area (TPSA) is 58.6 Å². The van der Waals surface area contributed by atoms with Crippen LogP contribution in [0, 0.1) is 5.92 Å². The average Bonchev–Trinajstić information content (AvgIpc) is 3.17. The third kappa shape index (κ3) is 3.02. The van der Waals surface area contributed by atoms with Gasteiger partial charge in [-0.3, -0.25) is 4.79 Å². The molecule has 1 aromatic rings. The first-order valence-corrected chi connectivity index (χ1v) is 8.85. The molecule has 6 heteroatoms. The third-order valence-electron chi connectivity index (χ3n) is 5.43. The van der Waals surface area contributed by atoms with Gasteiger partial charge >= 0.3 is 0 Å². The van der Waals surface area contributed by atoms with Gasteiger partial charge in [0.25, 0.3) is 0 Å². The van der Waals surface area contributed by atoms with Crippen LogP contribution in [0.3, 0.4) is 0 Å². The number of ether oxygens (including phenoxy) is 1. The number of hydrogen-bond donors (Lipinski definition) is 0. The lowest BCUT2D eigenvalue weighted by atomic mass is 9.88. The van der Waals surface area contributed by atoms with Crippen LogP contribution in [0.15, 0.2) is 30.6 Å². The molecule has 24 heavy (non-hydrogen) atoms. The zero-order valence-corrected chi connectivity index (χ0v) is 13.9. The van der Waals surface area contributed by atoms with Crippen molar-refractivity contribution in [2.24, 2.45) is 5.92 Å². The zero-order chi connectivity index (χ0) is 16.4. The average molecular weight is 328 g/mol. The van der Waals surface area contributed by atoms with Crippen molar-refractivity contribution in [1.29, 1.82) is 0 Å². The molecule has 3 heterocycles. The van der Waals surface area contributed by atoms with Crippen LogP contribution >= 0.6 is 0 Å². The molecular formula is C18H24N4O2. The van der Waals surface area contributed by atoms with Crippen molar-refractivity contribution in [2.45, 2.75) is 31.3 Å². The number of hydrogen-bond acceptors (Lipinski definition) is 5. The van der Waals surface area contributed by atoms with Crippen molar-refractivity contribution in [3.63, 3.8) is 0 Å². The van der Waals surface area contributed by atoms with E-state index in [0.29, 0.717) is 12.5 Å². The largest absolute Gasteiger partial charge is 0.371 e. The fourth-order valence-corrected chi connectivity index (χ4v) is 3.98. The van der Waals surface area contributed by atoms with Gasteiger partial charge in [0.1, 0.15) is 0 Å². The van der Waals surface area contributed by atoms with E-state index in [1.807, 2.05) is 11.0 Å². The van der Waals surface area contributed by atoms with E-state index in [4.69, 9.17) is 4.74 Å². The van der Waals surface area contributed by atoms with Crippen LogP contribution in [0.25, 0.3) is 0 Å². The highest BCUT2D eigenvalue weighted by atomic mass is 16.5. The zero-order valence-electron chi connectivity index (χ0n) is 13.9. The van der Waals surface area contributed by atoms with Crippen molar-refractivity contribution in [3.8, 4) is 0 Å². The minimum atomic E-state index is -0.165. The Balaban J connectivity index is 1.38. The highest BCUT2D eigenvalue weighted by molar-refractivity contribution is 5.79. The van der Waals surface area contributed by atoms with Crippen molar-refractivity contribution >= 4 is 11.9 Å². The second-order valence-corrected chi connectivity index (χ2v) is 6.97. The highest BCUT2D eigenvalue weighted by Gasteiger charge is 2.42. The first kappa shape index (κ1) is 15.6. The van der Waals surface area contributed by atoms with Gasteiger partial charge in [0.2, 0.25) is 11.9 Å². The minimum Gasteiger partial charge on any atom is -0.371 e. The van der Waals surface area contributed by atoms with Gasteiger partial charge in [0, 0.05) is 37.9 Å². The molecule has 128 valence electrons. The standard InChI is InChI=1S/C18H24N4O2/c23-16(15-4-1-2-5-15)21-10-6-18(7-11-21)14-22(12-13-24-18)17-19-8-3-9-20-17/h1-3,8-9,15H,4-7,10-14H2. The van der Waals surface area contributed by atoms with Gasteiger partial charge in [-0.15, -0.1) is 0 Å². The maximum absolute atomic E-state index is 12.6. The molecule has 0 radical (unpaired) electrons. The molecule has 1 aromatic heterocycles. The molecule has 3 aliphatic rings. The molecule has 0 aromatic carbocycles. The van der Waals surface area contributed by atoms with Gasteiger partial charge in [-0.2, -0.15) is 0 Å². The summed E-state index contributed by atoms with van der Waals surface area (Å²) in [6.45, 7) is 3.91. The molecule has 2 saturated heterocycles. The van der Waals surface area contributed by atoms with Gasteiger partial charge in [0.05, 0.1) is 18.8 Å². The number of likely N-dealkylation sites (tertiary alicyclic amines) is 1. The van der Waals surface area contributed by atoms with Gasteiger partial charge in [-0.1, -0.05) is 12.2 Å². The summed E-state index contributed by atoms with van der Waals surface area (Å²) in [5.41, 5.74) is -0.165. The lowest BCUT2D eigenvalue weighted by Gasteiger charge is -2.47. The van der Waals surface area contributed by atoms with Crippen molar-refractivity contribution in [3.05, 3.63) is 30.6 Å². The fourth-order valence-electron chi connectivity index (χ4n) is 3.98. The summed E-state index contributed by atoms with van der Waals surface area (Å²) in [5.74, 6) is 1.25. The van der Waals surface area contributed by atoms with Gasteiger partial charge in [-0.05, 0) is 31.7 Å². The van der Waals surface area contributed by atoms with Gasteiger partial charge in [0.15, 0.2) is 0 Å². The summed E-state index contributed by atoms with van der Waals surface area (Å²) < 4.78 is 6.16. The second kappa shape index (κ2) is 6.51. The third-order valence-corrected chi connectivity index (χ3v) is 5.43. The van der Waals surface area contributed by atoms with E-state index in [1.54, 1.807) is 12.4 Å². The number of anilines is 1. The SMILES string of the molecule is O=C(C1CC=CC1)N1CCC2(CC1)CN(c1ncccn1)CCO2. The Hall–Kier alpha value is -1.95. The molecule has 1 amide bonds. The number of rotatable bonds is 2. The van der Waals surface area contributed by atoms with Crippen molar-refractivity contribution < 1.29 is 9.53 Å². The minimum absolute atomic E-state index is 0.165. The molecule has 0 N–H and O–H groups in total. The molecule has 0 atom stereocenters. The van der Waals surface area contributed by atoms with Gasteiger partial charge in [-0.25, -0.2) is 9.97 Å². The van der Waals surface area contributed by atoms with Crippen LogP contribution in [0.2, 0.25) is 0 Å². The summed E-state index contributed by atoms with van der Waals surface area (Å²) in [7, 11) is 0. The molecule has 4 rings (SSSR count). The monoisotopic (exact) mass is 328 g/mol. The summed E-state index contributed by atoms with van der Waals surface area (Å²) in [6.07, 6.45) is 11.4. The molecule has 0 saturated carbocycles. The van der Waals surface area contributed by atoms with Gasteiger partial charge < -0.3 is 14.5 Å². The van der Waals surface area contributed by atoms with Crippen LogP contribution < -0.4 is 4.90 Å². The predicted octanol–water partition coefficient (Wildman–Crippen LogP) is 1.64. The van der Waals surface area contributed by atoms with Crippen LogP contribution in [-0.4, -0.2) is 59.2 Å².